The number of furan rings is 1. The number of hydrogen-bond acceptors (Lipinski definition) is 4. The molecule has 0 spiro atoms. The number of fused-ring (bicyclic) bond motifs is 10. The Morgan fingerprint density at radius 3 is 1.97 bits per heavy atom. The first-order valence-electron chi connectivity index (χ1n) is 12.9. The lowest BCUT2D eigenvalue weighted by atomic mass is 10.1. The third-order valence-electron chi connectivity index (χ3n) is 7.64. The van der Waals surface area contributed by atoms with Crippen LogP contribution < -0.4 is 0 Å². The van der Waals surface area contributed by atoms with E-state index in [4.69, 9.17) is 14.4 Å². The van der Waals surface area contributed by atoms with Gasteiger partial charge in [-0.25, -0.2) is 9.97 Å². The van der Waals surface area contributed by atoms with E-state index in [2.05, 4.69) is 102 Å². The molecular weight excluding hydrogens is 498 g/mol. The molecule has 5 heteroatoms. The van der Waals surface area contributed by atoms with Crippen molar-refractivity contribution in [1.82, 2.24) is 14.5 Å². The molecule has 4 aromatic heterocycles. The zero-order chi connectivity index (χ0) is 25.5. The minimum absolute atomic E-state index is 0.676. The highest BCUT2D eigenvalue weighted by atomic mass is 32.1. The van der Waals surface area contributed by atoms with Crippen LogP contribution in [0.3, 0.4) is 0 Å². The fraction of sp³-hybridized carbons (Fsp3) is 0. The smallest absolute Gasteiger partial charge is 0.235 e. The van der Waals surface area contributed by atoms with Crippen molar-refractivity contribution < 1.29 is 4.42 Å². The number of aromatic nitrogens is 3. The number of rotatable bonds is 2. The summed E-state index contributed by atoms with van der Waals surface area (Å²) in [6, 6.07) is 39.9. The average Bonchev–Trinajstić information content (AvgIpc) is 3.66. The van der Waals surface area contributed by atoms with Crippen LogP contribution in [0.2, 0.25) is 0 Å². The molecule has 0 radical (unpaired) electrons. The van der Waals surface area contributed by atoms with Crippen LogP contribution in [-0.2, 0) is 0 Å². The van der Waals surface area contributed by atoms with Crippen LogP contribution in [0.25, 0.3) is 81.3 Å². The summed E-state index contributed by atoms with van der Waals surface area (Å²) in [5.74, 6) is 0.676. The summed E-state index contributed by atoms with van der Waals surface area (Å²) in [4.78, 5) is 10.6. The summed E-state index contributed by atoms with van der Waals surface area (Å²) in [6.07, 6.45) is 0. The molecule has 0 unspecified atom stereocenters. The summed E-state index contributed by atoms with van der Waals surface area (Å²) in [7, 11) is 0. The normalized spacial score (nSPS) is 12.1. The number of nitrogens with zero attached hydrogens (tertiary/aromatic N) is 3. The first-order chi connectivity index (χ1) is 19.3. The molecule has 0 amide bonds. The van der Waals surface area contributed by atoms with Crippen molar-refractivity contribution >= 4 is 75.4 Å². The Bertz CT molecular complexity index is 2340. The van der Waals surface area contributed by atoms with E-state index >= 15 is 0 Å². The van der Waals surface area contributed by atoms with Crippen molar-refractivity contribution in [2.24, 2.45) is 0 Å². The first-order valence-corrected chi connectivity index (χ1v) is 13.8. The number of hydrogen-bond donors (Lipinski definition) is 0. The van der Waals surface area contributed by atoms with Gasteiger partial charge in [0.1, 0.15) is 11.2 Å². The zero-order valence-corrected chi connectivity index (χ0v) is 21.4. The summed E-state index contributed by atoms with van der Waals surface area (Å²) in [5.41, 5.74) is 6.98. The lowest BCUT2D eigenvalue weighted by Gasteiger charge is -2.10. The molecule has 0 fully saturated rings. The van der Waals surface area contributed by atoms with Gasteiger partial charge in [0.25, 0.3) is 0 Å². The number of thiophene rings is 1. The van der Waals surface area contributed by atoms with Gasteiger partial charge in [-0.15, -0.1) is 11.3 Å². The van der Waals surface area contributed by atoms with Crippen molar-refractivity contribution in [2.75, 3.05) is 0 Å². The summed E-state index contributed by atoms with van der Waals surface area (Å²) in [5, 5.41) is 5.78. The fourth-order valence-corrected chi connectivity index (χ4v) is 7.23. The molecule has 39 heavy (non-hydrogen) atoms. The molecule has 0 bridgehead atoms. The zero-order valence-electron chi connectivity index (χ0n) is 20.6. The van der Waals surface area contributed by atoms with Gasteiger partial charge in [0.15, 0.2) is 0 Å². The van der Waals surface area contributed by atoms with Crippen molar-refractivity contribution in [3.05, 3.63) is 115 Å². The highest BCUT2D eigenvalue weighted by Gasteiger charge is 2.21. The summed E-state index contributed by atoms with van der Waals surface area (Å²) < 4.78 is 10.7. The number of benzene rings is 5. The maximum Gasteiger partial charge on any atom is 0.235 e. The van der Waals surface area contributed by atoms with Crippen LogP contribution in [0, 0.1) is 0 Å². The molecule has 0 atom stereocenters. The lowest BCUT2D eigenvalue weighted by Crippen LogP contribution is -2.02. The van der Waals surface area contributed by atoms with Crippen LogP contribution in [-0.4, -0.2) is 14.5 Å². The third kappa shape index (κ3) is 2.88. The molecule has 0 aliphatic rings. The Balaban J connectivity index is 1.47. The molecule has 0 N–H and O–H groups in total. The predicted molar refractivity (Wildman–Crippen MR) is 162 cm³/mol. The van der Waals surface area contributed by atoms with Crippen LogP contribution in [0.5, 0.6) is 0 Å². The van der Waals surface area contributed by atoms with E-state index in [1.807, 2.05) is 18.2 Å². The molecule has 5 aromatic carbocycles. The van der Waals surface area contributed by atoms with Crippen molar-refractivity contribution in [2.45, 2.75) is 0 Å². The minimum atomic E-state index is 0.676. The molecule has 0 saturated heterocycles. The van der Waals surface area contributed by atoms with Gasteiger partial charge in [0.2, 0.25) is 5.95 Å². The van der Waals surface area contributed by atoms with Gasteiger partial charge in [-0.2, -0.15) is 0 Å². The maximum absolute atomic E-state index is 6.22. The SMILES string of the molecule is c1ccc(-c2nc(-n3c4ccccc4c4ccccc43)nc3c2sc2c3ccc3oc4ccccc4c32)cc1. The standard InChI is InChI=1S/C34H19N3OS/c1-2-10-20(11-3-1)30-33-31(24-18-19-28-29(32(24)39-33)23-14-6-9-17-27(23)38-28)36-34(35-30)37-25-15-7-4-12-21(25)22-13-5-8-16-26(22)37/h1-19H. The van der Waals surface area contributed by atoms with E-state index in [0.29, 0.717) is 5.95 Å². The quantitative estimate of drug-likeness (QED) is 0.229. The lowest BCUT2D eigenvalue weighted by molar-refractivity contribution is 0.669. The average molecular weight is 518 g/mol. The van der Waals surface area contributed by atoms with E-state index < -0.39 is 0 Å². The van der Waals surface area contributed by atoms with Crippen molar-refractivity contribution in [1.29, 1.82) is 0 Å². The van der Waals surface area contributed by atoms with E-state index in [1.54, 1.807) is 11.3 Å². The Labute approximate surface area is 226 Å². The topological polar surface area (TPSA) is 43.9 Å². The third-order valence-corrected chi connectivity index (χ3v) is 8.86. The highest BCUT2D eigenvalue weighted by Crippen LogP contribution is 2.44. The van der Waals surface area contributed by atoms with Crippen LogP contribution in [0.4, 0.5) is 0 Å². The molecule has 0 aliphatic heterocycles. The fourth-order valence-electron chi connectivity index (χ4n) is 5.93. The summed E-state index contributed by atoms with van der Waals surface area (Å²) in [6.45, 7) is 0. The monoisotopic (exact) mass is 517 g/mol. The number of para-hydroxylation sites is 3. The largest absolute Gasteiger partial charge is 0.456 e. The minimum Gasteiger partial charge on any atom is -0.456 e. The van der Waals surface area contributed by atoms with Crippen LogP contribution >= 0.6 is 11.3 Å². The van der Waals surface area contributed by atoms with Crippen molar-refractivity contribution in [3.8, 4) is 17.2 Å². The van der Waals surface area contributed by atoms with E-state index in [1.165, 1.54) is 15.5 Å². The highest BCUT2D eigenvalue weighted by molar-refractivity contribution is 7.27. The van der Waals surface area contributed by atoms with Gasteiger partial charge < -0.3 is 4.42 Å². The first kappa shape index (κ1) is 21.0. The molecule has 9 aromatic rings. The van der Waals surface area contributed by atoms with E-state index in [9.17, 15) is 0 Å². The van der Waals surface area contributed by atoms with Crippen LogP contribution in [0.15, 0.2) is 120 Å². The predicted octanol–water partition coefficient (Wildman–Crippen LogP) is 9.51. The van der Waals surface area contributed by atoms with Gasteiger partial charge in [-0.1, -0.05) is 84.9 Å². The second kappa shape index (κ2) is 7.76. The Morgan fingerprint density at radius 2 is 1.21 bits per heavy atom. The molecule has 4 nitrogen and oxygen atoms in total. The second-order valence-electron chi connectivity index (χ2n) is 9.80. The van der Waals surface area contributed by atoms with Crippen LogP contribution in [0.1, 0.15) is 0 Å². The van der Waals surface area contributed by atoms with Gasteiger partial charge in [0, 0.05) is 37.2 Å². The van der Waals surface area contributed by atoms with E-state index in [0.717, 1.165) is 59.8 Å². The maximum atomic E-state index is 6.22. The molecular formula is C34H19N3OS. The molecule has 9 rings (SSSR count). The van der Waals surface area contributed by atoms with Gasteiger partial charge >= 0.3 is 0 Å². The summed E-state index contributed by atoms with van der Waals surface area (Å²) >= 11 is 1.75. The van der Waals surface area contributed by atoms with Crippen molar-refractivity contribution in [3.63, 3.8) is 0 Å². The Morgan fingerprint density at radius 1 is 0.538 bits per heavy atom. The Hall–Kier alpha value is -5.00. The van der Waals surface area contributed by atoms with Gasteiger partial charge in [-0.05, 0) is 30.3 Å². The molecule has 0 aliphatic carbocycles. The molecule has 4 heterocycles. The Kier molecular flexibility index (Phi) is 4.18. The van der Waals surface area contributed by atoms with E-state index in [-0.39, 0.29) is 0 Å². The molecule has 0 saturated carbocycles. The van der Waals surface area contributed by atoms with Gasteiger partial charge in [0.05, 0.1) is 26.9 Å². The van der Waals surface area contributed by atoms with Gasteiger partial charge in [-0.3, -0.25) is 4.57 Å². The second-order valence-corrected chi connectivity index (χ2v) is 10.8. The molecule has 182 valence electrons.